The minimum Gasteiger partial charge on any atom is -0.341 e. The summed E-state index contributed by atoms with van der Waals surface area (Å²) in [4.78, 5) is 23.9. The van der Waals surface area contributed by atoms with Gasteiger partial charge in [0.25, 0.3) is 0 Å². The van der Waals surface area contributed by atoms with Crippen LogP contribution in [0.1, 0.15) is 24.1 Å². The Kier molecular flexibility index (Phi) is 5.33. The standard InChI is InChI=1S/C17H17BrN2O2/c1-11-10-14(8-9-15(11)18)20-17(22)16(21)19-12(2)13-6-4-3-5-7-13/h3-10,12H,1-2H3,(H,19,21)(H,20,22). The van der Waals surface area contributed by atoms with Crippen molar-refractivity contribution in [1.82, 2.24) is 5.32 Å². The third-order valence-electron chi connectivity index (χ3n) is 3.27. The topological polar surface area (TPSA) is 58.2 Å². The molecule has 0 saturated carbocycles. The van der Waals surface area contributed by atoms with E-state index >= 15 is 0 Å². The second-order valence-corrected chi connectivity index (χ2v) is 5.88. The number of hydrogen-bond donors (Lipinski definition) is 2. The molecule has 0 radical (unpaired) electrons. The molecule has 2 rings (SSSR count). The highest BCUT2D eigenvalue weighted by atomic mass is 79.9. The van der Waals surface area contributed by atoms with E-state index in [2.05, 4.69) is 26.6 Å². The molecule has 4 nitrogen and oxygen atoms in total. The third kappa shape index (κ3) is 4.18. The molecule has 1 atom stereocenters. The van der Waals surface area contributed by atoms with Crippen LogP contribution < -0.4 is 10.6 Å². The van der Waals surface area contributed by atoms with Gasteiger partial charge in [0.15, 0.2) is 0 Å². The zero-order valence-electron chi connectivity index (χ0n) is 12.4. The maximum atomic E-state index is 12.0. The fraction of sp³-hybridized carbons (Fsp3) is 0.176. The highest BCUT2D eigenvalue weighted by Gasteiger charge is 2.17. The number of rotatable bonds is 3. The van der Waals surface area contributed by atoms with Crippen LogP contribution >= 0.6 is 15.9 Å². The molecule has 2 aromatic rings. The summed E-state index contributed by atoms with van der Waals surface area (Å²) in [6, 6.07) is 14.6. The van der Waals surface area contributed by atoms with Crippen molar-refractivity contribution >= 4 is 33.4 Å². The summed E-state index contributed by atoms with van der Waals surface area (Å²) in [5.41, 5.74) is 2.52. The lowest BCUT2D eigenvalue weighted by molar-refractivity contribution is -0.136. The van der Waals surface area contributed by atoms with Crippen LogP contribution in [0.25, 0.3) is 0 Å². The summed E-state index contributed by atoms with van der Waals surface area (Å²) in [7, 11) is 0. The summed E-state index contributed by atoms with van der Waals surface area (Å²) in [6.45, 7) is 3.75. The van der Waals surface area contributed by atoms with Gasteiger partial charge in [-0.25, -0.2) is 0 Å². The van der Waals surface area contributed by atoms with E-state index in [1.165, 1.54) is 0 Å². The van der Waals surface area contributed by atoms with E-state index in [1.54, 1.807) is 12.1 Å². The van der Waals surface area contributed by atoms with Gasteiger partial charge in [-0.15, -0.1) is 0 Å². The Hall–Kier alpha value is -2.14. The van der Waals surface area contributed by atoms with Gasteiger partial charge in [0, 0.05) is 10.2 Å². The number of carbonyl (C=O) groups excluding carboxylic acids is 2. The molecule has 0 spiro atoms. The van der Waals surface area contributed by atoms with Crippen molar-refractivity contribution in [3.8, 4) is 0 Å². The van der Waals surface area contributed by atoms with Crippen LogP contribution in [0, 0.1) is 6.92 Å². The van der Waals surface area contributed by atoms with Crippen molar-refractivity contribution in [1.29, 1.82) is 0 Å². The minimum absolute atomic E-state index is 0.230. The zero-order chi connectivity index (χ0) is 16.1. The van der Waals surface area contributed by atoms with E-state index < -0.39 is 11.8 Å². The smallest absolute Gasteiger partial charge is 0.313 e. The normalized spacial score (nSPS) is 11.6. The SMILES string of the molecule is Cc1cc(NC(=O)C(=O)NC(C)c2ccccc2)ccc1Br. The molecular weight excluding hydrogens is 344 g/mol. The molecule has 2 amide bonds. The van der Waals surface area contributed by atoms with Crippen LogP contribution in [0.15, 0.2) is 53.0 Å². The third-order valence-corrected chi connectivity index (χ3v) is 4.16. The first-order valence-corrected chi connectivity index (χ1v) is 7.69. The number of amides is 2. The Bertz CT molecular complexity index is 686. The number of halogens is 1. The Balaban J connectivity index is 1.97. The van der Waals surface area contributed by atoms with Crippen LogP contribution in [0.4, 0.5) is 5.69 Å². The molecule has 0 saturated heterocycles. The number of nitrogens with one attached hydrogen (secondary N) is 2. The summed E-state index contributed by atoms with van der Waals surface area (Å²) >= 11 is 3.39. The highest BCUT2D eigenvalue weighted by molar-refractivity contribution is 9.10. The monoisotopic (exact) mass is 360 g/mol. The Morgan fingerprint density at radius 1 is 1.05 bits per heavy atom. The molecule has 0 heterocycles. The summed E-state index contributed by atoms with van der Waals surface area (Å²) in [6.07, 6.45) is 0. The second kappa shape index (κ2) is 7.22. The van der Waals surface area contributed by atoms with Gasteiger partial charge >= 0.3 is 11.8 Å². The average molecular weight is 361 g/mol. The van der Waals surface area contributed by atoms with Crippen molar-refractivity contribution in [2.24, 2.45) is 0 Å². The van der Waals surface area contributed by atoms with Crippen LogP contribution in [0.3, 0.4) is 0 Å². The summed E-state index contributed by atoms with van der Waals surface area (Å²) in [5, 5.41) is 5.28. The van der Waals surface area contributed by atoms with Gasteiger partial charge in [-0.1, -0.05) is 46.3 Å². The van der Waals surface area contributed by atoms with E-state index in [1.807, 2.05) is 50.2 Å². The van der Waals surface area contributed by atoms with Crippen molar-refractivity contribution in [3.63, 3.8) is 0 Å². The van der Waals surface area contributed by atoms with E-state index in [0.29, 0.717) is 5.69 Å². The van der Waals surface area contributed by atoms with E-state index in [-0.39, 0.29) is 6.04 Å². The van der Waals surface area contributed by atoms with Gasteiger partial charge in [0.2, 0.25) is 0 Å². The number of benzene rings is 2. The Morgan fingerprint density at radius 3 is 2.36 bits per heavy atom. The highest BCUT2D eigenvalue weighted by Crippen LogP contribution is 2.20. The Morgan fingerprint density at radius 2 is 1.73 bits per heavy atom. The summed E-state index contributed by atoms with van der Waals surface area (Å²) < 4.78 is 0.952. The van der Waals surface area contributed by atoms with E-state index in [4.69, 9.17) is 0 Å². The minimum atomic E-state index is -0.676. The predicted molar refractivity (Wildman–Crippen MR) is 90.5 cm³/mol. The molecule has 0 bridgehead atoms. The van der Waals surface area contributed by atoms with Crippen LogP contribution in [0.5, 0.6) is 0 Å². The van der Waals surface area contributed by atoms with Crippen molar-refractivity contribution in [3.05, 3.63) is 64.1 Å². The van der Waals surface area contributed by atoms with Gasteiger partial charge in [0.05, 0.1) is 6.04 Å². The van der Waals surface area contributed by atoms with Crippen LogP contribution in [-0.4, -0.2) is 11.8 Å². The largest absolute Gasteiger partial charge is 0.341 e. The van der Waals surface area contributed by atoms with Gasteiger partial charge in [-0.05, 0) is 43.2 Å². The van der Waals surface area contributed by atoms with Crippen LogP contribution in [0.2, 0.25) is 0 Å². The maximum Gasteiger partial charge on any atom is 0.313 e. The molecule has 114 valence electrons. The molecule has 2 N–H and O–H groups in total. The molecule has 0 aliphatic carbocycles. The lowest BCUT2D eigenvalue weighted by atomic mass is 10.1. The quantitative estimate of drug-likeness (QED) is 0.822. The molecule has 0 fully saturated rings. The molecular formula is C17H17BrN2O2. The zero-order valence-corrected chi connectivity index (χ0v) is 14.0. The lowest BCUT2D eigenvalue weighted by Gasteiger charge is -2.14. The molecule has 0 aromatic heterocycles. The average Bonchev–Trinajstić information content (AvgIpc) is 2.51. The first kappa shape index (κ1) is 16.2. The lowest BCUT2D eigenvalue weighted by Crippen LogP contribution is -2.36. The predicted octanol–water partition coefficient (Wildman–Crippen LogP) is 3.57. The molecule has 1 unspecified atom stereocenters. The van der Waals surface area contributed by atoms with Gasteiger partial charge in [0.1, 0.15) is 0 Å². The summed E-state index contributed by atoms with van der Waals surface area (Å²) in [5.74, 6) is -1.33. The fourth-order valence-electron chi connectivity index (χ4n) is 2.00. The molecule has 2 aromatic carbocycles. The van der Waals surface area contributed by atoms with Crippen molar-refractivity contribution in [2.75, 3.05) is 5.32 Å². The maximum absolute atomic E-state index is 12.0. The number of aryl methyl sites for hydroxylation is 1. The molecule has 22 heavy (non-hydrogen) atoms. The fourth-order valence-corrected chi connectivity index (χ4v) is 2.24. The van der Waals surface area contributed by atoms with E-state index in [0.717, 1.165) is 15.6 Å². The molecule has 0 aliphatic heterocycles. The number of hydrogen-bond acceptors (Lipinski definition) is 2. The molecule has 5 heteroatoms. The first-order valence-electron chi connectivity index (χ1n) is 6.90. The van der Waals surface area contributed by atoms with Gasteiger partial charge < -0.3 is 10.6 Å². The number of anilines is 1. The van der Waals surface area contributed by atoms with Crippen LogP contribution in [-0.2, 0) is 9.59 Å². The van der Waals surface area contributed by atoms with Crippen molar-refractivity contribution < 1.29 is 9.59 Å². The van der Waals surface area contributed by atoms with E-state index in [9.17, 15) is 9.59 Å². The van der Waals surface area contributed by atoms with Crippen molar-refractivity contribution in [2.45, 2.75) is 19.9 Å². The molecule has 0 aliphatic rings. The van der Waals surface area contributed by atoms with Gasteiger partial charge in [-0.2, -0.15) is 0 Å². The number of carbonyl (C=O) groups is 2. The first-order chi connectivity index (χ1) is 10.5. The second-order valence-electron chi connectivity index (χ2n) is 5.02. The Labute approximate surface area is 138 Å². The van der Waals surface area contributed by atoms with Gasteiger partial charge in [-0.3, -0.25) is 9.59 Å².